The molecule has 0 saturated heterocycles. The number of aryl methyl sites for hydroxylation is 2. The van der Waals surface area contributed by atoms with E-state index in [0.29, 0.717) is 0 Å². The summed E-state index contributed by atoms with van der Waals surface area (Å²) in [6.45, 7) is 4.66. The first-order chi connectivity index (χ1) is 12.4. The molecule has 0 N–H and O–H groups in total. The van der Waals surface area contributed by atoms with Gasteiger partial charge in [0.2, 0.25) is 0 Å². The molecule has 1 aliphatic carbocycles. The van der Waals surface area contributed by atoms with Crippen LogP contribution in [0.4, 0.5) is 0 Å². The Labute approximate surface area is 152 Å². The number of pyridine rings is 1. The largest absolute Gasteiger partial charge is 0.423 e. The molecule has 0 fully saturated rings. The third-order valence-electron chi connectivity index (χ3n) is 4.12. The van der Waals surface area contributed by atoms with Crippen LogP contribution in [0.25, 0.3) is 11.6 Å². The molecule has 0 atom stereocenters. The van der Waals surface area contributed by atoms with Gasteiger partial charge in [0.1, 0.15) is 0 Å². The van der Waals surface area contributed by atoms with Crippen molar-refractivity contribution in [2.45, 2.75) is 40.0 Å². The Morgan fingerprint density at radius 3 is 2.50 bits per heavy atom. The van der Waals surface area contributed by atoms with Gasteiger partial charge in [-0.1, -0.05) is 12.1 Å². The molecule has 0 spiro atoms. The maximum atomic E-state index is 11.4. The fraction of sp³-hybridized carbons (Fsp3) is 0.286. The third kappa shape index (κ3) is 4.17. The van der Waals surface area contributed by atoms with Gasteiger partial charge in [-0.05, 0) is 66.7 Å². The number of benzene rings is 1. The molecule has 5 nitrogen and oxygen atoms in total. The van der Waals surface area contributed by atoms with Crippen LogP contribution in [0.1, 0.15) is 49.1 Å². The summed E-state index contributed by atoms with van der Waals surface area (Å²) >= 11 is 0. The topological polar surface area (TPSA) is 65.5 Å². The predicted octanol–water partition coefficient (Wildman–Crippen LogP) is 4.12. The van der Waals surface area contributed by atoms with Crippen molar-refractivity contribution in [3.8, 4) is 11.5 Å². The quantitative estimate of drug-likeness (QED) is 0.615. The second-order valence-electron chi connectivity index (χ2n) is 6.44. The fourth-order valence-electron chi connectivity index (χ4n) is 3.13. The van der Waals surface area contributed by atoms with Crippen molar-refractivity contribution in [2.75, 3.05) is 0 Å². The summed E-state index contributed by atoms with van der Waals surface area (Å²) in [5.41, 5.74) is 5.47. The molecule has 0 bridgehead atoms. The van der Waals surface area contributed by atoms with Crippen molar-refractivity contribution in [3.63, 3.8) is 0 Å². The molecule has 1 heterocycles. The van der Waals surface area contributed by atoms with Crippen molar-refractivity contribution in [1.82, 2.24) is 4.98 Å². The standard InChI is InChI=1S/C21H21NO4/c1-13-9-17-5-4-6-18(21(17)22-12-13)10-16-7-8-19(25-14(2)23)20(11-16)26-15(3)24/h7-12H,4-6H2,1-3H3/b18-10+. The second kappa shape index (κ2) is 7.52. The van der Waals surface area contributed by atoms with Crippen LogP contribution in [0.15, 0.2) is 30.5 Å². The number of nitrogens with zero attached hydrogens (tertiary/aromatic N) is 1. The monoisotopic (exact) mass is 351 g/mol. The van der Waals surface area contributed by atoms with Crippen molar-refractivity contribution in [1.29, 1.82) is 0 Å². The van der Waals surface area contributed by atoms with Gasteiger partial charge in [-0.2, -0.15) is 0 Å². The predicted molar refractivity (Wildman–Crippen MR) is 98.8 cm³/mol. The lowest BCUT2D eigenvalue weighted by Crippen LogP contribution is -2.07. The highest BCUT2D eigenvalue weighted by molar-refractivity contribution is 5.83. The average molecular weight is 351 g/mol. The highest BCUT2D eigenvalue weighted by atomic mass is 16.6. The van der Waals surface area contributed by atoms with E-state index in [4.69, 9.17) is 9.47 Å². The van der Waals surface area contributed by atoms with E-state index in [9.17, 15) is 9.59 Å². The van der Waals surface area contributed by atoms with E-state index >= 15 is 0 Å². The lowest BCUT2D eigenvalue weighted by molar-refractivity contribution is -0.134. The summed E-state index contributed by atoms with van der Waals surface area (Å²) in [6.07, 6.45) is 6.98. The highest BCUT2D eigenvalue weighted by Crippen LogP contribution is 2.34. The number of fused-ring (bicyclic) bond motifs is 1. The lowest BCUT2D eigenvalue weighted by atomic mass is 9.89. The molecular formula is C21H21NO4. The van der Waals surface area contributed by atoms with E-state index in [0.717, 1.165) is 41.7 Å². The Balaban J connectivity index is 1.99. The SMILES string of the molecule is CC(=O)Oc1ccc(/C=C2\CCCc3cc(C)cnc32)cc1OC(C)=O. The summed E-state index contributed by atoms with van der Waals surface area (Å²) < 4.78 is 10.3. The molecule has 0 saturated carbocycles. The molecule has 1 aromatic carbocycles. The number of hydrogen-bond donors (Lipinski definition) is 0. The number of carbonyl (C=O) groups is 2. The maximum Gasteiger partial charge on any atom is 0.308 e. The molecule has 1 aromatic heterocycles. The van der Waals surface area contributed by atoms with Gasteiger partial charge in [0.05, 0.1) is 5.69 Å². The number of aromatic nitrogens is 1. The Bertz CT molecular complexity index is 899. The normalized spacial score (nSPS) is 14.7. The first kappa shape index (κ1) is 17.9. The van der Waals surface area contributed by atoms with Gasteiger partial charge in [-0.25, -0.2) is 0 Å². The summed E-state index contributed by atoms with van der Waals surface area (Å²) in [5.74, 6) is -0.476. The molecule has 26 heavy (non-hydrogen) atoms. The van der Waals surface area contributed by atoms with Gasteiger partial charge >= 0.3 is 11.9 Å². The van der Waals surface area contributed by atoms with Crippen LogP contribution in [0.5, 0.6) is 11.5 Å². The van der Waals surface area contributed by atoms with Crippen LogP contribution < -0.4 is 9.47 Å². The zero-order valence-corrected chi connectivity index (χ0v) is 15.2. The average Bonchev–Trinajstić information content (AvgIpc) is 2.56. The maximum absolute atomic E-state index is 11.4. The Morgan fingerprint density at radius 2 is 1.77 bits per heavy atom. The minimum Gasteiger partial charge on any atom is -0.423 e. The minimum atomic E-state index is -0.469. The molecule has 0 aliphatic heterocycles. The van der Waals surface area contributed by atoms with E-state index < -0.39 is 11.9 Å². The van der Waals surface area contributed by atoms with Crippen molar-refractivity contribution < 1.29 is 19.1 Å². The summed E-state index contributed by atoms with van der Waals surface area (Å²) in [6, 6.07) is 7.36. The van der Waals surface area contributed by atoms with E-state index in [-0.39, 0.29) is 11.5 Å². The first-order valence-corrected chi connectivity index (χ1v) is 8.60. The Morgan fingerprint density at radius 1 is 1.04 bits per heavy atom. The summed E-state index contributed by atoms with van der Waals surface area (Å²) in [7, 11) is 0. The van der Waals surface area contributed by atoms with Crippen molar-refractivity contribution in [2.24, 2.45) is 0 Å². The van der Waals surface area contributed by atoms with Crippen LogP contribution in [-0.2, 0) is 16.0 Å². The minimum absolute atomic E-state index is 0.229. The summed E-state index contributed by atoms with van der Waals surface area (Å²) in [4.78, 5) is 27.2. The number of ether oxygens (including phenoxy) is 2. The van der Waals surface area contributed by atoms with Crippen LogP contribution in [-0.4, -0.2) is 16.9 Å². The van der Waals surface area contributed by atoms with E-state index in [1.165, 1.54) is 19.4 Å². The van der Waals surface area contributed by atoms with Crippen LogP contribution in [0.3, 0.4) is 0 Å². The molecule has 0 radical (unpaired) electrons. The number of hydrogen-bond acceptors (Lipinski definition) is 5. The molecule has 3 rings (SSSR count). The molecule has 134 valence electrons. The van der Waals surface area contributed by atoms with Crippen LogP contribution in [0.2, 0.25) is 0 Å². The molecule has 2 aromatic rings. The van der Waals surface area contributed by atoms with Gasteiger partial charge in [0.15, 0.2) is 11.5 Å². The van der Waals surface area contributed by atoms with E-state index in [1.54, 1.807) is 12.1 Å². The molecule has 1 aliphatic rings. The zero-order valence-electron chi connectivity index (χ0n) is 15.2. The van der Waals surface area contributed by atoms with E-state index in [2.05, 4.69) is 11.1 Å². The van der Waals surface area contributed by atoms with Crippen molar-refractivity contribution in [3.05, 3.63) is 52.8 Å². The van der Waals surface area contributed by atoms with Gasteiger partial charge in [-0.15, -0.1) is 0 Å². The number of esters is 2. The molecule has 0 unspecified atom stereocenters. The molecule has 5 heteroatoms. The van der Waals surface area contributed by atoms with Crippen LogP contribution >= 0.6 is 0 Å². The smallest absolute Gasteiger partial charge is 0.308 e. The summed E-state index contributed by atoms with van der Waals surface area (Å²) in [5, 5.41) is 0. The Kier molecular flexibility index (Phi) is 5.16. The molecule has 0 amide bonds. The third-order valence-corrected chi connectivity index (χ3v) is 4.12. The fourth-order valence-corrected chi connectivity index (χ4v) is 3.13. The highest BCUT2D eigenvalue weighted by Gasteiger charge is 2.16. The second-order valence-corrected chi connectivity index (χ2v) is 6.44. The lowest BCUT2D eigenvalue weighted by Gasteiger charge is -2.18. The first-order valence-electron chi connectivity index (χ1n) is 8.60. The number of rotatable bonds is 3. The van der Waals surface area contributed by atoms with Crippen molar-refractivity contribution >= 4 is 23.6 Å². The number of carbonyl (C=O) groups excluding carboxylic acids is 2. The molecular weight excluding hydrogens is 330 g/mol. The van der Waals surface area contributed by atoms with Gasteiger partial charge in [-0.3, -0.25) is 14.6 Å². The van der Waals surface area contributed by atoms with Gasteiger partial charge < -0.3 is 9.47 Å². The van der Waals surface area contributed by atoms with Crippen LogP contribution in [0, 0.1) is 6.92 Å². The van der Waals surface area contributed by atoms with E-state index in [1.807, 2.05) is 25.3 Å². The number of allylic oxidation sites excluding steroid dienone is 1. The Hall–Kier alpha value is -2.95. The van der Waals surface area contributed by atoms with Gasteiger partial charge in [0, 0.05) is 20.0 Å². The zero-order chi connectivity index (χ0) is 18.7. The van der Waals surface area contributed by atoms with Gasteiger partial charge in [0.25, 0.3) is 0 Å².